The molecular formula is C14H24N2. The fraction of sp³-hybridized carbons (Fsp3) is 0.786. The minimum Gasteiger partial charge on any atom is -0.269 e. The topological polar surface area (TPSA) is 17.8 Å². The summed E-state index contributed by atoms with van der Waals surface area (Å²) in [7, 11) is 0. The van der Waals surface area contributed by atoms with Crippen LogP contribution in [-0.2, 0) is 6.42 Å². The van der Waals surface area contributed by atoms with Gasteiger partial charge < -0.3 is 0 Å². The number of hydrogen-bond acceptors (Lipinski definition) is 1. The second-order valence-corrected chi connectivity index (χ2v) is 5.53. The van der Waals surface area contributed by atoms with E-state index in [-0.39, 0.29) is 0 Å². The van der Waals surface area contributed by atoms with Crippen LogP contribution in [0.5, 0.6) is 0 Å². The van der Waals surface area contributed by atoms with Crippen molar-refractivity contribution in [3.8, 4) is 0 Å². The van der Waals surface area contributed by atoms with Crippen molar-refractivity contribution >= 4 is 0 Å². The zero-order valence-electron chi connectivity index (χ0n) is 10.7. The molecule has 0 aromatic carbocycles. The maximum Gasteiger partial charge on any atom is 0.0627 e. The van der Waals surface area contributed by atoms with Crippen LogP contribution in [0, 0.1) is 5.92 Å². The van der Waals surface area contributed by atoms with Crippen LogP contribution >= 0.6 is 0 Å². The van der Waals surface area contributed by atoms with E-state index in [2.05, 4.69) is 30.8 Å². The summed E-state index contributed by atoms with van der Waals surface area (Å²) >= 11 is 0. The number of rotatable bonds is 3. The van der Waals surface area contributed by atoms with E-state index in [4.69, 9.17) is 5.10 Å². The van der Waals surface area contributed by atoms with Gasteiger partial charge in [-0.3, -0.25) is 4.68 Å². The Hall–Kier alpha value is -0.790. The van der Waals surface area contributed by atoms with Gasteiger partial charge in [0.25, 0.3) is 0 Å². The van der Waals surface area contributed by atoms with Crippen LogP contribution in [0.2, 0.25) is 0 Å². The Morgan fingerprint density at radius 2 is 1.94 bits per heavy atom. The maximum absolute atomic E-state index is 4.73. The van der Waals surface area contributed by atoms with E-state index in [9.17, 15) is 0 Å². The molecule has 2 nitrogen and oxygen atoms in total. The van der Waals surface area contributed by atoms with Crippen molar-refractivity contribution in [1.29, 1.82) is 0 Å². The van der Waals surface area contributed by atoms with E-state index in [0.29, 0.717) is 12.0 Å². The van der Waals surface area contributed by atoms with E-state index in [1.807, 2.05) is 0 Å². The fourth-order valence-corrected chi connectivity index (χ4v) is 2.63. The monoisotopic (exact) mass is 220 g/mol. The molecule has 1 aliphatic rings. The lowest BCUT2D eigenvalue weighted by Gasteiger charge is -2.14. The normalized spacial score (nSPS) is 18.9. The molecule has 0 amide bonds. The van der Waals surface area contributed by atoms with Crippen LogP contribution in [0.4, 0.5) is 0 Å². The third-order valence-corrected chi connectivity index (χ3v) is 3.48. The van der Waals surface area contributed by atoms with Gasteiger partial charge in [0.1, 0.15) is 0 Å². The first kappa shape index (κ1) is 11.7. The molecule has 90 valence electrons. The van der Waals surface area contributed by atoms with Crippen LogP contribution in [0.15, 0.2) is 12.3 Å². The van der Waals surface area contributed by atoms with Crippen molar-refractivity contribution in [2.75, 3.05) is 0 Å². The SMILES string of the molecule is CC(C)Cc1ccn(C2CCCCCC2)n1. The van der Waals surface area contributed by atoms with Crippen molar-refractivity contribution in [2.24, 2.45) is 5.92 Å². The molecule has 1 aromatic rings. The van der Waals surface area contributed by atoms with Gasteiger partial charge in [-0.1, -0.05) is 39.5 Å². The van der Waals surface area contributed by atoms with Crippen LogP contribution < -0.4 is 0 Å². The van der Waals surface area contributed by atoms with Gasteiger partial charge in [-0.2, -0.15) is 5.10 Å². The van der Waals surface area contributed by atoms with E-state index < -0.39 is 0 Å². The fourth-order valence-electron chi connectivity index (χ4n) is 2.63. The lowest BCUT2D eigenvalue weighted by Crippen LogP contribution is -2.09. The Kier molecular flexibility index (Phi) is 4.03. The van der Waals surface area contributed by atoms with Gasteiger partial charge in [0.05, 0.1) is 11.7 Å². The Bertz CT molecular complexity index is 306. The summed E-state index contributed by atoms with van der Waals surface area (Å²) in [4.78, 5) is 0. The smallest absolute Gasteiger partial charge is 0.0627 e. The van der Waals surface area contributed by atoms with Crippen LogP contribution in [-0.4, -0.2) is 9.78 Å². The molecule has 0 bridgehead atoms. The van der Waals surface area contributed by atoms with E-state index in [0.717, 1.165) is 6.42 Å². The van der Waals surface area contributed by atoms with Crippen molar-refractivity contribution in [2.45, 2.75) is 64.8 Å². The third-order valence-electron chi connectivity index (χ3n) is 3.48. The Labute approximate surface area is 99.0 Å². The molecule has 1 saturated carbocycles. The first-order valence-electron chi connectivity index (χ1n) is 6.80. The Balaban J connectivity index is 1.99. The summed E-state index contributed by atoms with van der Waals surface area (Å²) in [6, 6.07) is 2.87. The van der Waals surface area contributed by atoms with Gasteiger partial charge in [0.15, 0.2) is 0 Å². The molecule has 2 rings (SSSR count). The predicted octanol–water partition coefficient (Wildman–Crippen LogP) is 3.98. The van der Waals surface area contributed by atoms with Gasteiger partial charge in [-0.05, 0) is 31.2 Å². The highest BCUT2D eigenvalue weighted by Crippen LogP contribution is 2.26. The summed E-state index contributed by atoms with van der Waals surface area (Å²) in [5.41, 5.74) is 1.26. The number of aromatic nitrogens is 2. The predicted molar refractivity (Wildman–Crippen MR) is 67.5 cm³/mol. The molecule has 0 spiro atoms. The lowest BCUT2D eigenvalue weighted by molar-refractivity contribution is 0.401. The molecule has 16 heavy (non-hydrogen) atoms. The zero-order valence-corrected chi connectivity index (χ0v) is 10.7. The van der Waals surface area contributed by atoms with Gasteiger partial charge in [0, 0.05) is 6.20 Å². The molecule has 0 atom stereocenters. The molecule has 0 saturated heterocycles. The van der Waals surface area contributed by atoms with Crippen molar-refractivity contribution in [3.63, 3.8) is 0 Å². The molecule has 1 aromatic heterocycles. The third kappa shape index (κ3) is 3.10. The average Bonchev–Trinajstić information content (AvgIpc) is 2.53. The zero-order chi connectivity index (χ0) is 11.4. The summed E-state index contributed by atoms with van der Waals surface area (Å²) in [6.07, 6.45) is 11.5. The molecule has 1 heterocycles. The highest BCUT2D eigenvalue weighted by molar-refractivity contribution is 5.00. The van der Waals surface area contributed by atoms with Gasteiger partial charge in [0.2, 0.25) is 0 Å². The minimum atomic E-state index is 0.670. The van der Waals surface area contributed by atoms with Gasteiger partial charge >= 0.3 is 0 Å². The Morgan fingerprint density at radius 3 is 2.56 bits per heavy atom. The number of nitrogens with zero attached hydrogens (tertiary/aromatic N) is 2. The second-order valence-electron chi connectivity index (χ2n) is 5.53. The number of hydrogen-bond donors (Lipinski definition) is 0. The molecule has 0 radical (unpaired) electrons. The summed E-state index contributed by atoms with van der Waals surface area (Å²) in [6.45, 7) is 4.51. The van der Waals surface area contributed by atoms with Crippen LogP contribution in [0.3, 0.4) is 0 Å². The molecule has 0 N–H and O–H groups in total. The second kappa shape index (κ2) is 5.51. The van der Waals surface area contributed by atoms with Crippen molar-refractivity contribution in [1.82, 2.24) is 9.78 Å². The van der Waals surface area contributed by atoms with Crippen LogP contribution in [0.1, 0.15) is 64.1 Å². The standard InChI is InChI=1S/C14H24N2/c1-12(2)11-13-9-10-16(15-13)14-7-5-3-4-6-8-14/h9-10,12,14H,3-8,11H2,1-2H3. The quantitative estimate of drug-likeness (QED) is 0.705. The first-order valence-corrected chi connectivity index (χ1v) is 6.80. The highest BCUT2D eigenvalue weighted by atomic mass is 15.3. The molecule has 0 unspecified atom stereocenters. The van der Waals surface area contributed by atoms with Gasteiger partial charge in [-0.25, -0.2) is 0 Å². The summed E-state index contributed by atoms with van der Waals surface area (Å²) in [5.74, 6) is 0.706. The molecule has 1 aliphatic carbocycles. The molecular weight excluding hydrogens is 196 g/mol. The first-order chi connectivity index (χ1) is 7.75. The van der Waals surface area contributed by atoms with E-state index in [1.165, 1.54) is 44.2 Å². The lowest BCUT2D eigenvalue weighted by atomic mass is 10.1. The van der Waals surface area contributed by atoms with E-state index in [1.54, 1.807) is 0 Å². The molecule has 0 aliphatic heterocycles. The average molecular weight is 220 g/mol. The van der Waals surface area contributed by atoms with Crippen molar-refractivity contribution < 1.29 is 0 Å². The van der Waals surface area contributed by atoms with Crippen LogP contribution in [0.25, 0.3) is 0 Å². The summed E-state index contributed by atoms with van der Waals surface area (Å²) in [5, 5.41) is 4.73. The molecule has 1 fully saturated rings. The van der Waals surface area contributed by atoms with Crippen molar-refractivity contribution in [3.05, 3.63) is 18.0 Å². The van der Waals surface area contributed by atoms with E-state index >= 15 is 0 Å². The highest BCUT2D eigenvalue weighted by Gasteiger charge is 2.14. The summed E-state index contributed by atoms with van der Waals surface area (Å²) < 4.78 is 2.23. The largest absolute Gasteiger partial charge is 0.269 e. The van der Waals surface area contributed by atoms with Gasteiger partial charge in [-0.15, -0.1) is 0 Å². The Morgan fingerprint density at radius 1 is 1.25 bits per heavy atom. The molecule has 2 heteroatoms. The maximum atomic E-state index is 4.73. The minimum absolute atomic E-state index is 0.670.